The van der Waals surface area contributed by atoms with Crippen molar-refractivity contribution in [1.82, 2.24) is 4.90 Å². The van der Waals surface area contributed by atoms with E-state index in [0.717, 1.165) is 18.2 Å². The van der Waals surface area contributed by atoms with Crippen LogP contribution >= 0.6 is 0 Å². The lowest BCUT2D eigenvalue weighted by Gasteiger charge is -2.20. The number of halogens is 4. The highest BCUT2D eigenvalue weighted by atomic mass is 32.2. The van der Waals surface area contributed by atoms with Crippen molar-refractivity contribution < 1.29 is 30.8 Å². The second kappa shape index (κ2) is 10.0. The molecule has 0 spiro atoms. The van der Waals surface area contributed by atoms with Crippen molar-refractivity contribution in [2.24, 2.45) is 0 Å². The van der Waals surface area contributed by atoms with E-state index in [1.807, 2.05) is 0 Å². The number of likely N-dealkylation sites (N-methyl/N-ethyl adjacent to an activating group) is 1. The summed E-state index contributed by atoms with van der Waals surface area (Å²) in [6.45, 7) is 2.24. The predicted octanol–water partition coefficient (Wildman–Crippen LogP) is 3.97. The first-order chi connectivity index (χ1) is 14.0. The van der Waals surface area contributed by atoms with Crippen LogP contribution in [0, 0.1) is 5.82 Å². The molecule has 0 aliphatic rings. The van der Waals surface area contributed by atoms with Gasteiger partial charge >= 0.3 is 6.18 Å². The van der Waals surface area contributed by atoms with Crippen molar-refractivity contribution in [3.63, 3.8) is 0 Å². The highest BCUT2D eigenvalue weighted by Crippen LogP contribution is 2.34. The molecular weight excluding hydrogens is 424 g/mol. The van der Waals surface area contributed by atoms with Gasteiger partial charge in [-0.1, -0.05) is 19.1 Å². The van der Waals surface area contributed by atoms with Gasteiger partial charge in [-0.15, -0.1) is 0 Å². The number of para-hydroxylation sites is 1. The van der Waals surface area contributed by atoms with Gasteiger partial charge < -0.3 is 5.32 Å². The molecular formula is C20H22F4N2O3S. The number of benzene rings is 2. The Bertz CT molecular complexity index is 961. The molecule has 10 heteroatoms. The normalized spacial score (nSPS) is 12.2. The number of nitrogens with one attached hydrogen (secondary N) is 1. The predicted molar refractivity (Wildman–Crippen MR) is 105 cm³/mol. The number of anilines is 1. The number of nitrogens with zero attached hydrogens (tertiary/aromatic N) is 1. The van der Waals surface area contributed by atoms with Gasteiger partial charge in [0.15, 0.2) is 9.84 Å². The molecule has 1 N–H and O–H groups in total. The minimum Gasteiger partial charge on any atom is -0.324 e. The maximum atomic E-state index is 13.0. The van der Waals surface area contributed by atoms with Crippen molar-refractivity contribution in [3.05, 3.63) is 59.9 Å². The Morgan fingerprint density at radius 2 is 1.70 bits per heavy atom. The summed E-state index contributed by atoms with van der Waals surface area (Å²) in [6.07, 6.45) is -4.39. The van der Waals surface area contributed by atoms with Crippen LogP contribution in [0.2, 0.25) is 0 Å². The van der Waals surface area contributed by atoms with Crippen LogP contribution in [0.1, 0.15) is 18.9 Å². The van der Waals surface area contributed by atoms with Crippen molar-refractivity contribution >= 4 is 21.4 Å². The standard InChI is InChI=1S/C20H22F4N2O3S/c1-2-26(12-5-13-30(28,29)16-10-8-15(21)9-11-16)14-19(27)25-18-7-4-3-6-17(18)20(22,23)24/h3-4,6-11H,2,5,12-14H2,1H3,(H,25,27). The number of rotatable bonds is 9. The average molecular weight is 446 g/mol. The number of hydrogen-bond acceptors (Lipinski definition) is 4. The van der Waals surface area contributed by atoms with E-state index < -0.39 is 33.3 Å². The molecule has 0 heterocycles. The number of carbonyl (C=O) groups excluding carboxylic acids is 1. The lowest BCUT2D eigenvalue weighted by molar-refractivity contribution is -0.137. The first-order valence-electron chi connectivity index (χ1n) is 9.19. The van der Waals surface area contributed by atoms with Gasteiger partial charge in [0.25, 0.3) is 0 Å². The molecule has 2 aromatic carbocycles. The Balaban J connectivity index is 1.92. The van der Waals surface area contributed by atoms with Crippen LogP contribution in [0.15, 0.2) is 53.4 Å². The summed E-state index contributed by atoms with van der Waals surface area (Å²) < 4.78 is 76.6. The van der Waals surface area contributed by atoms with E-state index in [9.17, 15) is 30.8 Å². The number of amides is 1. The van der Waals surface area contributed by atoms with E-state index >= 15 is 0 Å². The molecule has 0 atom stereocenters. The fraction of sp³-hybridized carbons (Fsp3) is 0.350. The third-order valence-corrected chi connectivity index (χ3v) is 6.20. The minimum atomic E-state index is -4.59. The lowest BCUT2D eigenvalue weighted by Crippen LogP contribution is -2.34. The van der Waals surface area contributed by atoms with Crippen LogP contribution in [-0.2, 0) is 20.8 Å². The van der Waals surface area contributed by atoms with E-state index in [0.29, 0.717) is 6.54 Å². The van der Waals surface area contributed by atoms with E-state index in [1.54, 1.807) is 11.8 Å². The SMILES string of the molecule is CCN(CCCS(=O)(=O)c1ccc(F)cc1)CC(=O)Nc1ccccc1C(F)(F)F. The van der Waals surface area contributed by atoms with Crippen LogP contribution in [0.4, 0.5) is 23.2 Å². The summed E-state index contributed by atoms with van der Waals surface area (Å²) in [7, 11) is -3.60. The van der Waals surface area contributed by atoms with Crippen molar-refractivity contribution in [2.45, 2.75) is 24.4 Å². The van der Waals surface area contributed by atoms with Crippen LogP contribution in [0.5, 0.6) is 0 Å². The van der Waals surface area contributed by atoms with Gasteiger partial charge in [-0.2, -0.15) is 13.2 Å². The Labute approximate surface area is 172 Å². The molecule has 2 aromatic rings. The monoisotopic (exact) mass is 446 g/mol. The zero-order valence-corrected chi connectivity index (χ0v) is 17.1. The second-order valence-electron chi connectivity index (χ2n) is 6.59. The summed E-state index contributed by atoms with van der Waals surface area (Å²) in [5.74, 6) is -1.37. The minimum absolute atomic E-state index is 0.00782. The topological polar surface area (TPSA) is 66.5 Å². The number of carbonyl (C=O) groups is 1. The van der Waals surface area contributed by atoms with Gasteiger partial charge in [0, 0.05) is 0 Å². The smallest absolute Gasteiger partial charge is 0.324 e. The Morgan fingerprint density at radius 3 is 2.30 bits per heavy atom. The highest BCUT2D eigenvalue weighted by Gasteiger charge is 2.33. The number of hydrogen-bond donors (Lipinski definition) is 1. The second-order valence-corrected chi connectivity index (χ2v) is 8.70. The van der Waals surface area contributed by atoms with Crippen LogP contribution in [0.25, 0.3) is 0 Å². The molecule has 2 rings (SSSR count). The van der Waals surface area contributed by atoms with Crippen molar-refractivity contribution in [1.29, 1.82) is 0 Å². The molecule has 0 saturated heterocycles. The molecule has 5 nitrogen and oxygen atoms in total. The van der Waals surface area contributed by atoms with Gasteiger partial charge in [0.1, 0.15) is 5.82 Å². The molecule has 0 aliphatic carbocycles. The summed E-state index contributed by atoms with van der Waals surface area (Å²) >= 11 is 0. The fourth-order valence-electron chi connectivity index (χ4n) is 2.82. The van der Waals surface area contributed by atoms with Gasteiger partial charge in [-0.25, -0.2) is 12.8 Å². The lowest BCUT2D eigenvalue weighted by atomic mass is 10.1. The van der Waals surface area contributed by atoms with Crippen molar-refractivity contribution in [2.75, 3.05) is 30.7 Å². The molecule has 0 radical (unpaired) electrons. The first-order valence-corrected chi connectivity index (χ1v) is 10.8. The molecule has 0 unspecified atom stereocenters. The van der Waals surface area contributed by atoms with Gasteiger partial charge in [0.2, 0.25) is 5.91 Å². The molecule has 1 amide bonds. The molecule has 30 heavy (non-hydrogen) atoms. The third-order valence-electron chi connectivity index (χ3n) is 4.38. The summed E-state index contributed by atoms with van der Waals surface area (Å²) in [5, 5.41) is 2.27. The van der Waals surface area contributed by atoms with Crippen LogP contribution < -0.4 is 5.32 Å². The van der Waals surface area contributed by atoms with Gasteiger partial charge in [0.05, 0.1) is 28.4 Å². The van der Waals surface area contributed by atoms with Crippen LogP contribution in [-0.4, -0.2) is 44.6 Å². The Morgan fingerprint density at radius 1 is 1.07 bits per heavy atom. The van der Waals surface area contributed by atoms with E-state index in [-0.39, 0.29) is 35.8 Å². The van der Waals surface area contributed by atoms with E-state index in [2.05, 4.69) is 5.32 Å². The maximum absolute atomic E-state index is 13.0. The number of alkyl halides is 3. The largest absolute Gasteiger partial charge is 0.418 e. The van der Waals surface area contributed by atoms with E-state index in [4.69, 9.17) is 0 Å². The zero-order valence-electron chi connectivity index (χ0n) is 16.2. The van der Waals surface area contributed by atoms with Gasteiger partial charge in [-0.3, -0.25) is 9.69 Å². The zero-order chi connectivity index (χ0) is 22.4. The number of sulfone groups is 1. The summed E-state index contributed by atoms with van der Waals surface area (Å²) in [6, 6.07) is 9.19. The summed E-state index contributed by atoms with van der Waals surface area (Å²) in [4.78, 5) is 13.8. The van der Waals surface area contributed by atoms with E-state index in [1.165, 1.54) is 30.3 Å². The summed E-state index contributed by atoms with van der Waals surface area (Å²) in [5.41, 5.74) is -1.27. The first kappa shape index (κ1) is 23.8. The van der Waals surface area contributed by atoms with Crippen LogP contribution in [0.3, 0.4) is 0 Å². The van der Waals surface area contributed by atoms with Crippen molar-refractivity contribution in [3.8, 4) is 0 Å². The molecule has 0 aliphatic heterocycles. The molecule has 0 saturated carbocycles. The molecule has 0 aromatic heterocycles. The average Bonchev–Trinajstić information content (AvgIpc) is 2.67. The fourth-order valence-corrected chi connectivity index (χ4v) is 4.11. The molecule has 0 bridgehead atoms. The maximum Gasteiger partial charge on any atom is 0.418 e. The Kier molecular flexibility index (Phi) is 7.96. The molecule has 164 valence electrons. The quantitative estimate of drug-likeness (QED) is 0.468. The molecule has 0 fully saturated rings. The Hall–Kier alpha value is -2.46. The highest BCUT2D eigenvalue weighted by molar-refractivity contribution is 7.91. The third kappa shape index (κ3) is 6.81. The van der Waals surface area contributed by atoms with Gasteiger partial charge in [-0.05, 0) is 55.9 Å².